The largest absolute Gasteiger partial charge is 0.339 e. The van der Waals surface area contributed by atoms with E-state index in [0.717, 1.165) is 0 Å². The van der Waals surface area contributed by atoms with Gasteiger partial charge in [-0.1, -0.05) is 34.4 Å². The lowest BCUT2D eigenvalue weighted by Gasteiger charge is -2.02. The van der Waals surface area contributed by atoms with Gasteiger partial charge in [0.05, 0.1) is 10.7 Å². The molecule has 29 heavy (non-hydrogen) atoms. The molecule has 0 aliphatic carbocycles. The minimum atomic E-state index is -0.208. The predicted molar refractivity (Wildman–Crippen MR) is 112 cm³/mol. The fourth-order valence-corrected chi connectivity index (χ4v) is 3.62. The van der Waals surface area contributed by atoms with Crippen LogP contribution in [0.1, 0.15) is 12.3 Å². The number of carbonyl (C=O) groups excluding carboxylic acids is 1. The Morgan fingerprint density at radius 2 is 2.03 bits per heavy atom. The molecule has 0 spiro atoms. The van der Waals surface area contributed by atoms with Crippen LogP contribution < -0.4 is 5.32 Å². The molecule has 0 saturated carbocycles. The van der Waals surface area contributed by atoms with Gasteiger partial charge in [0.2, 0.25) is 17.6 Å². The summed E-state index contributed by atoms with van der Waals surface area (Å²) >= 11 is 13.5. The number of nitrogens with one attached hydrogen (secondary N) is 1. The number of nitrogens with zero attached hydrogens (tertiary/aromatic N) is 4. The Morgan fingerprint density at radius 3 is 2.86 bits per heavy atom. The van der Waals surface area contributed by atoms with Gasteiger partial charge < -0.3 is 9.84 Å². The minimum Gasteiger partial charge on any atom is -0.339 e. The molecule has 1 amide bonds. The maximum atomic E-state index is 12.2. The summed E-state index contributed by atoms with van der Waals surface area (Å²) in [6.07, 6.45) is 2.14. The summed E-state index contributed by atoms with van der Waals surface area (Å²) < 4.78 is 5.18. The number of hydrogen-bond donors (Lipinski definition) is 1. The SMILES string of the molecule is O=C(CCc1nc(-c2ccccn2)no1)Nc1nc(-c2cc(Cl)ccc2Cl)cs1. The Balaban J connectivity index is 1.35. The van der Waals surface area contributed by atoms with Gasteiger partial charge in [-0.15, -0.1) is 11.3 Å². The smallest absolute Gasteiger partial charge is 0.227 e. The molecular weight excluding hydrogens is 433 g/mol. The van der Waals surface area contributed by atoms with Crippen molar-refractivity contribution >= 4 is 45.6 Å². The number of amides is 1. The topological polar surface area (TPSA) is 93.8 Å². The van der Waals surface area contributed by atoms with Crippen LogP contribution in [0.4, 0.5) is 5.13 Å². The van der Waals surface area contributed by atoms with Crippen molar-refractivity contribution in [2.24, 2.45) is 0 Å². The first kappa shape index (κ1) is 19.5. The highest BCUT2D eigenvalue weighted by atomic mass is 35.5. The lowest BCUT2D eigenvalue weighted by molar-refractivity contribution is -0.116. The molecule has 0 unspecified atom stereocenters. The van der Waals surface area contributed by atoms with Crippen molar-refractivity contribution in [3.8, 4) is 22.8 Å². The van der Waals surface area contributed by atoms with Gasteiger partial charge in [0, 0.05) is 35.0 Å². The number of carbonyl (C=O) groups is 1. The molecule has 0 bridgehead atoms. The van der Waals surface area contributed by atoms with Gasteiger partial charge in [-0.05, 0) is 30.3 Å². The maximum absolute atomic E-state index is 12.2. The quantitative estimate of drug-likeness (QED) is 0.441. The molecule has 3 heterocycles. The Kier molecular flexibility index (Phi) is 5.84. The minimum absolute atomic E-state index is 0.177. The second kappa shape index (κ2) is 8.69. The second-order valence-corrected chi connectivity index (χ2v) is 7.64. The van der Waals surface area contributed by atoms with Crippen LogP contribution in [0.5, 0.6) is 0 Å². The number of hydrogen-bond acceptors (Lipinski definition) is 7. The molecule has 1 N–H and O–H groups in total. The third kappa shape index (κ3) is 4.79. The number of thiazole rings is 1. The van der Waals surface area contributed by atoms with Crippen LogP contribution in [0.15, 0.2) is 52.5 Å². The van der Waals surface area contributed by atoms with Crippen LogP contribution in [0.2, 0.25) is 10.0 Å². The first-order valence-corrected chi connectivity index (χ1v) is 10.2. The highest BCUT2D eigenvalue weighted by Crippen LogP contribution is 2.32. The fraction of sp³-hybridized carbons (Fsp3) is 0.105. The molecule has 10 heteroatoms. The first-order chi connectivity index (χ1) is 14.1. The molecule has 0 atom stereocenters. The van der Waals surface area contributed by atoms with Crippen LogP contribution >= 0.6 is 34.5 Å². The van der Waals surface area contributed by atoms with E-state index in [9.17, 15) is 4.79 Å². The molecule has 0 radical (unpaired) electrons. The van der Waals surface area contributed by atoms with Gasteiger partial charge in [-0.2, -0.15) is 4.98 Å². The van der Waals surface area contributed by atoms with Gasteiger partial charge >= 0.3 is 0 Å². The number of aryl methyl sites for hydroxylation is 1. The van der Waals surface area contributed by atoms with Crippen LogP contribution in [-0.2, 0) is 11.2 Å². The van der Waals surface area contributed by atoms with E-state index in [1.54, 1.807) is 36.5 Å². The fourth-order valence-electron chi connectivity index (χ4n) is 2.51. The Labute approximate surface area is 179 Å². The average molecular weight is 446 g/mol. The molecular formula is C19H13Cl2N5O2S. The second-order valence-electron chi connectivity index (χ2n) is 5.94. The lowest BCUT2D eigenvalue weighted by Crippen LogP contribution is -2.12. The zero-order valence-electron chi connectivity index (χ0n) is 14.8. The van der Waals surface area contributed by atoms with E-state index in [4.69, 9.17) is 27.7 Å². The van der Waals surface area contributed by atoms with Crippen LogP contribution in [0, 0.1) is 0 Å². The van der Waals surface area contributed by atoms with Crippen molar-refractivity contribution < 1.29 is 9.32 Å². The molecule has 4 rings (SSSR count). The monoisotopic (exact) mass is 445 g/mol. The average Bonchev–Trinajstić information content (AvgIpc) is 3.39. The van der Waals surface area contributed by atoms with Crippen molar-refractivity contribution in [3.63, 3.8) is 0 Å². The highest BCUT2D eigenvalue weighted by Gasteiger charge is 2.14. The van der Waals surface area contributed by atoms with E-state index in [0.29, 0.717) is 50.3 Å². The van der Waals surface area contributed by atoms with Crippen LogP contribution in [0.25, 0.3) is 22.8 Å². The van der Waals surface area contributed by atoms with Gasteiger partial charge in [0.15, 0.2) is 5.13 Å². The number of aromatic nitrogens is 4. The zero-order valence-corrected chi connectivity index (χ0v) is 17.1. The summed E-state index contributed by atoms with van der Waals surface area (Å²) in [5.74, 6) is 0.552. The molecule has 1 aromatic carbocycles. The number of benzene rings is 1. The Morgan fingerprint density at radius 1 is 1.14 bits per heavy atom. The van der Waals surface area contributed by atoms with Crippen molar-refractivity contribution in [2.75, 3.05) is 5.32 Å². The lowest BCUT2D eigenvalue weighted by atomic mass is 10.2. The van der Waals surface area contributed by atoms with Crippen molar-refractivity contribution in [2.45, 2.75) is 12.8 Å². The van der Waals surface area contributed by atoms with Gasteiger partial charge in [-0.3, -0.25) is 9.78 Å². The first-order valence-electron chi connectivity index (χ1n) is 8.53. The van der Waals surface area contributed by atoms with E-state index < -0.39 is 0 Å². The van der Waals surface area contributed by atoms with E-state index in [1.165, 1.54) is 11.3 Å². The molecule has 146 valence electrons. The molecule has 0 aliphatic rings. The summed E-state index contributed by atoms with van der Waals surface area (Å²) in [5, 5.41) is 10.0. The van der Waals surface area contributed by atoms with E-state index in [1.807, 2.05) is 11.4 Å². The molecule has 3 aromatic heterocycles. The third-order valence-corrected chi connectivity index (χ3v) is 5.21. The van der Waals surface area contributed by atoms with Gasteiger partial charge in [0.1, 0.15) is 5.69 Å². The zero-order chi connectivity index (χ0) is 20.2. The van der Waals surface area contributed by atoms with Crippen molar-refractivity contribution in [1.29, 1.82) is 0 Å². The molecule has 7 nitrogen and oxygen atoms in total. The normalized spacial score (nSPS) is 10.8. The standard InChI is InChI=1S/C19H13Cl2N5O2S/c20-11-4-5-13(21)12(9-11)15-10-29-19(23-15)24-16(27)6-7-17-25-18(26-28-17)14-3-1-2-8-22-14/h1-5,8-10H,6-7H2,(H,23,24,27). The van der Waals surface area contributed by atoms with E-state index >= 15 is 0 Å². The Hall–Kier alpha value is -2.81. The summed E-state index contributed by atoms with van der Waals surface area (Å²) in [4.78, 5) is 25.1. The van der Waals surface area contributed by atoms with Crippen molar-refractivity contribution in [3.05, 3.63) is 63.9 Å². The van der Waals surface area contributed by atoms with Crippen molar-refractivity contribution in [1.82, 2.24) is 20.1 Å². The summed E-state index contributed by atoms with van der Waals surface area (Å²) in [7, 11) is 0. The molecule has 0 aliphatic heterocycles. The van der Waals surface area contributed by atoms with Crippen LogP contribution in [-0.4, -0.2) is 26.0 Å². The number of anilines is 1. The maximum Gasteiger partial charge on any atom is 0.227 e. The van der Waals surface area contributed by atoms with E-state index in [2.05, 4.69) is 25.4 Å². The number of halogens is 2. The van der Waals surface area contributed by atoms with Gasteiger partial charge in [-0.25, -0.2) is 4.98 Å². The summed E-state index contributed by atoms with van der Waals surface area (Å²) in [6, 6.07) is 10.6. The summed E-state index contributed by atoms with van der Waals surface area (Å²) in [6.45, 7) is 0. The third-order valence-electron chi connectivity index (χ3n) is 3.88. The number of rotatable bonds is 6. The predicted octanol–water partition coefficient (Wildman–Crippen LogP) is 5.13. The Bertz CT molecular complexity index is 1150. The van der Waals surface area contributed by atoms with E-state index in [-0.39, 0.29) is 12.3 Å². The van der Waals surface area contributed by atoms with Gasteiger partial charge in [0.25, 0.3) is 0 Å². The molecule has 4 aromatic rings. The molecule has 0 fully saturated rings. The summed E-state index contributed by atoms with van der Waals surface area (Å²) in [5.41, 5.74) is 1.97. The van der Waals surface area contributed by atoms with Crippen LogP contribution in [0.3, 0.4) is 0 Å². The highest BCUT2D eigenvalue weighted by molar-refractivity contribution is 7.14. The molecule has 0 saturated heterocycles. The number of pyridine rings is 1.